The fourth-order valence-electron chi connectivity index (χ4n) is 2.22. The molecule has 3 N–H and O–H groups in total. The number of carbonyl (C=O) groups excluding carboxylic acids is 1. The summed E-state index contributed by atoms with van der Waals surface area (Å²) in [6.07, 6.45) is 2.21. The molecule has 0 unspecified atom stereocenters. The Morgan fingerprint density at radius 3 is 2.42 bits per heavy atom. The number of benzene rings is 1. The first-order valence-corrected chi connectivity index (χ1v) is 9.17. The van der Waals surface area contributed by atoms with Crippen molar-refractivity contribution in [2.45, 2.75) is 33.6 Å². The van der Waals surface area contributed by atoms with Crippen LogP contribution in [0, 0.1) is 0 Å². The van der Waals surface area contributed by atoms with Crippen LogP contribution in [0.2, 0.25) is 0 Å². The number of esters is 1. The van der Waals surface area contributed by atoms with Crippen LogP contribution in [0.3, 0.4) is 0 Å². The molecule has 0 fully saturated rings. The zero-order valence-electron chi connectivity index (χ0n) is 15.0. The summed E-state index contributed by atoms with van der Waals surface area (Å²) in [5, 5.41) is 6.85. The third-order valence-corrected chi connectivity index (χ3v) is 4.13. The minimum absolute atomic E-state index is 0.281. The standard InChI is InChI=1S/C18H29N3O2S/c1-4-7-12-19-18(24)20-16-10-8-15(9-11-16)17(22)23-14-13-21(5-2)6-3/h8-11H,4-7,12-14H2,1-3H3,(H2,19,20,24)/p+1. The van der Waals surface area contributed by atoms with Crippen LogP contribution >= 0.6 is 12.2 Å². The van der Waals surface area contributed by atoms with Gasteiger partial charge in [0.15, 0.2) is 5.11 Å². The van der Waals surface area contributed by atoms with Gasteiger partial charge in [-0.1, -0.05) is 13.3 Å². The van der Waals surface area contributed by atoms with E-state index in [1.54, 1.807) is 12.1 Å². The van der Waals surface area contributed by atoms with Gasteiger partial charge in [-0.25, -0.2) is 4.79 Å². The number of hydrogen-bond acceptors (Lipinski definition) is 3. The van der Waals surface area contributed by atoms with Crippen LogP contribution in [-0.2, 0) is 4.74 Å². The molecule has 0 saturated heterocycles. The Kier molecular flexibility index (Phi) is 10.0. The summed E-state index contributed by atoms with van der Waals surface area (Å²) in [7, 11) is 0. The molecular formula is C18H30N3O2S+. The van der Waals surface area contributed by atoms with Crippen molar-refractivity contribution in [3.63, 3.8) is 0 Å². The highest BCUT2D eigenvalue weighted by molar-refractivity contribution is 7.80. The van der Waals surface area contributed by atoms with Crippen LogP contribution in [0.4, 0.5) is 5.69 Å². The van der Waals surface area contributed by atoms with Crippen molar-refractivity contribution < 1.29 is 14.4 Å². The Labute approximate surface area is 150 Å². The molecule has 0 radical (unpaired) electrons. The first-order chi connectivity index (χ1) is 11.6. The lowest BCUT2D eigenvalue weighted by atomic mass is 10.2. The van der Waals surface area contributed by atoms with Crippen molar-refractivity contribution in [3.05, 3.63) is 29.8 Å². The normalized spacial score (nSPS) is 10.5. The Hall–Kier alpha value is -1.66. The number of ether oxygens (including phenoxy) is 1. The van der Waals surface area contributed by atoms with Gasteiger partial charge in [-0.3, -0.25) is 0 Å². The topological polar surface area (TPSA) is 54.8 Å². The zero-order chi connectivity index (χ0) is 17.8. The van der Waals surface area contributed by atoms with E-state index in [0.29, 0.717) is 17.3 Å². The SMILES string of the molecule is CCCCNC(=S)Nc1ccc(C(=O)OCC[NH+](CC)CC)cc1. The van der Waals surface area contributed by atoms with Crippen molar-refractivity contribution >= 4 is 29.0 Å². The lowest BCUT2D eigenvalue weighted by Gasteiger charge is -2.15. The van der Waals surface area contributed by atoms with Gasteiger partial charge < -0.3 is 20.3 Å². The summed E-state index contributed by atoms with van der Waals surface area (Å²) in [4.78, 5) is 13.4. The van der Waals surface area contributed by atoms with E-state index in [4.69, 9.17) is 17.0 Å². The summed E-state index contributed by atoms with van der Waals surface area (Å²) >= 11 is 5.22. The van der Waals surface area contributed by atoms with Gasteiger partial charge in [-0.05, 0) is 56.8 Å². The molecule has 0 heterocycles. The fraction of sp³-hybridized carbons (Fsp3) is 0.556. The van der Waals surface area contributed by atoms with Crippen LogP contribution < -0.4 is 15.5 Å². The molecule has 6 heteroatoms. The van der Waals surface area contributed by atoms with E-state index in [1.807, 2.05) is 12.1 Å². The van der Waals surface area contributed by atoms with Crippen molar-refractivity contribution in [2.24, 2.45) is 0 Å². The van der Waals surface area contributed by atoms with E-state index in [-0.39, 0.29) is 5.97 Å². The lowest BCUT2D eigenvalue weighted by Crippen LogP contribution is -3.11. The molecule has 1 aromatic carbocycles. The number of thiocarbonyl (C=S) groups is 1. The number of likely N-dealkylation sites (N-methyl/N-ethyl adjacent to an activating group) is 1. The largest absolute Gasteiger partial charge is 0.456 e. The molecular weight excluding hydrogens is 322 g/mol. The van der Waals surface area contributed by atoms with E-state index < -0.39 is 0 Å². The zero-order valence-corrected chi connectivity index (χ0v) is 15.8. The second kappa shape index (κ2) is 11.8. The van der Waals surface area contributed by atoms with Crippen molar-refractivity contribution in [3.8, 4) is 0 Å². The maximum Gasteiger partial charge on any atom is 0.338 e. The predicted molar refractivity (Wildman–Crippen MR) is 103 cm³/mol. The van der Waals surface area contributed by atoms with Gasteiger partial charge >= 0.3 is 5.97 Å². The smallest absolute Gasteiger partial charge is 0.338 e. The molecule has 134 valence electrons. The minimum atomic E-state index is -0.281. The number of rotatable bonds is 10. The van der Waals surface area contributed by atoms with Crippen LogP contribution in [0.25, 0.3) is 0 Å². The summed E-state index contributed by atoms with van der Waals surface area (Å²) in [5.41, 5.74) is 1.41. The van der Waals surface area contributed by atoms with Crippen LogP contribution in [-0.4, -0.2) is 43.9 Å². The van der Waals surface area contributed by atoms with Crippen molar-refractivity contribution in [1.82, 2.24) is 5.32 Å². The second-order valence-electron chi connectivity index (χ2n) is 5.65. The van der Waals surface area contributed by atoms with Crippen molar-refractivity contribution in [2.75, 3.05) is 38.1 Å². The summed E-state index contributed by atoms with van der Waals surface area (Å²) < 4.78 is 5.33. The molecule has 1 aromatic rings. The summed E-state index contributed by atoms with van der Waals surface area (Å²) in [6.45, 7) is 10.6. The van der Waals surface area contributed by atoms with Crippen molar-refractivity contribution in [1.29, 1.82) is 0 Å². The van der Waals surface area contributed by atoms with E-state index in [1.165, 1.54) is 4.90 Å². The highest BCUT2D eigenvalue weighted by Crippen LogP contribution is 2.10. The fourth-order valence-corrected chi connectivity index (χ4v) is 2.44. The predicted octanol–water partition coefficient (Wildman–Crippen LogP) is 1.85. The summed E-state index contributed by atoms with van der Waals surface area (Å²) in [6, 6.07) is 7.17. The minimum Gasteiger partial charge on any atom is -0.456 e. The van der Waals surface area contributed by atoms with Crippen LogP contribution in [0.5, 0.6) is 0 Å². The van der Waals surface area contributed by atoms with Gasteiger partial charge in [0.05, 0.1) is 18.7 Å². The number of nitrogens with one attached hydrogen (secondary N) is 3. The Balaban J connectivity index is 2.40. The molecule has 0 amide bonds. The number of hydrogen-bond donors (Lipinski definition) is 3. The van der Waals surface area contributed by atoms with E-state index in [2.05, 4.69) is 31.4 Å². The first-order valence-electron chi connectivity index (χ1n) is 8.76. The molecule has 0 aromatic heterocycles. The van der Waals surface area contributed by atoms with Gasteiger partial charge in [0.2, 0.25) is 0 Å². The molecule has 0 aliphatic carbocycles. The molecule has 1 rings (SSSR count). The van der Waals surface area contributed by atoms with Gasteiger partial charge in [0.1, 0.15) is 13.2 Å². The second-order valence-corrected chi connectivity index (χ2v) is 6.06. The van der Waals surface area contributed by atoms with E-state index in [0.717, 1.165) is 44.7 Å². The van der Waals surface area contributed by atoms with Gasteiger partial charge in [0, 0.05) is 12.2 Å². The molecule has 24 heavy (non-hydrogen) atoms. The average Bonchev–Trinajstić information content (AvgIpc) is 2.59. The quantitative estimate of drug-likeness (QED) is 0.341. The van der Waals surface area contributed by atoms with E-state index >= 15 is 0 Å². The third-order valence-electron chi connectivity index (χ3n) is 3.88. The molecule has 0 bridgehead atoms. The molecule has 0 atom stereocenters. The monoisotopic (exact) mass is 352 g/mol. The van der Waals surface area contributed by atoms with Crippen LogP contribution in [0.15, 0.2) is 24.3 Å². The van der Waals surface area contributed by atoms with Gasteiger partial charge in [-0.15, -0.1) is 0 Å². The molecule has 0 aliphatic rings. The molecule has 0 aliphatic heterocycles. The lowest BCUT2D eigenvalue weighted by molar-refractivity contribution is -0.896. The highest BCUT2D eigenvalue weighted by atomic mass is 32.1. The van der Waals surface area contributed by atoms with Crippen LogP contribution in [0.1, 0.15) is 44.0 Å². The average molecular weight is 353 g/mol. The Bertz CT molecular complexity index is 501. The Morgan fingerprint density at radius 2 is 1.83 bits per heavy atom. The number of quaternary nitrogens is 1. The van der Waals surface area contributed by atoms with Gasteiger partial charge in [0.25, 0.3) is 0 Å². The maximum absolute atomic E-state index is 12.0. The third kappa shape index (κ3) is 7.75. The molecule has 0 saturated carbocycles. The highest BCUT2D eigenvalue weighted by Gasteiger charge is 2.09. The Morgan fingerprint density at radius 1 is 1.17 bits per heavy atom. The summed E-state index contributed by atoms with van der Waals surface area (Å²) in [5.74, 6) is -0.281. The number of unbranched alkanes of at least 4 members (excludes halogenated alkanes) is 1. The van der Waals surface area contributed by atoms with E-state index in [9.17, 15) is 4.79 Å². The van der Waals surface area contributed by atoms with Gasteiger partial charge in [-0.2, -0.15) is 0 Å². The maximum atomic E-state index is 12.0. The molecule has 5 nitrogen and oxygen atoms in total. The molecule has 0 spiro atoms. The number of anilines is 1. The number of carbonyl (C=O) groups is 1. The first kappa shape index (κ1) is 20.4.